The molecule has 15 heavy (non-hydrogen) atoms. The Morgan fingerprint density at radius 1 is 1.27 bits per heavy atom. The normalized spacial score (nSPS) is 23.6. The molecule has 1 atom stereocenters. The summed E-state index contributed by atoms with van der Waals surface area (Å²) in [5.74, 6) is 0.965. The lowest BCUT2D eigenvalue weighted by atomic mass is 9.84. The molecule has 1 unspecified atom stereocenters. The van der Waals surface area contributed by atoms with Crippen molar-refractivity contribution in [1.82, 2.24) is 4.90 Å². The van der Waals surface area contributed by atoms with E-state index in [1.807, 2.05) is 0 Å². The van der Waals surface area contributed by atoms with Crippen molar-refractivity contribution >= 4 is 15.9 Å². The molecule has 2 heteroatoms. The molecule has 1 aliphatic rings. The second-order valence-electron chi connectivity index (χ2n) is 5.14. The highest BCUT2D eigenvalue weighted by Gasteiger charge is 2.30. The van der Waals surface area contributed by atoms with E-state index in [2.05, 4.69) is 41.6 Å². The zero-order valence-electron chi connectivity index (χ0n) is 10.6. The summed E-state index contributed by atoms with van der Waals surface area (Å²) in [6.45, 7) is 10.9. The highest BCUT2D eigenvalue weighted by Crippen LogP contribution is 2.32. The molecule has 0 amide bonds. The lowest BCUT2D eigenvalue weighted by Crippen LogP contribution is -2.37. The highest BCUT2D eigenvalue weighted by atomic mass is 79.9. The van der Waals surface area contributed by atoms with E-state index in [0.717, 1.165) is 11.2 Å². The number of hydrogen-bond acceptors (Lipinski definition) is 1. The smallest absolute Gasteiger partial charge is 0.01000 e. The first-order chi connectivity index (χ1) is 7.19. The van der Waals surface area contributed by atoms with Gasteiger partial charge in [-0.25, -0.2) is 0 Å². The minimum atomic E-state index is 0.516. The van der Waals surface area contributed by atoms with Crippen LogP contribution in [0, 0.1) is 11.3 Å². The molecule has 0 radical (unpaired) electrons. The summed E-state index contributed by atoms with van der Waals surface area (Å²) in [5.41, 5.74) is 0.516. The first-order valence-electron chi connectivity index (χ1n) is 6.48. The van der Waals surface area contributed by atoms with Gasteiger partial charge in [0.25, 0.3) is 0 Å². The van der Waals surface area contributed by atoms with Gasteiger partial charge in [0.05, 0.1) is 0 Å². The van der Waals surface area contributed by atoms with Crippen molar-refractivity contribution in [1.29, 1.82) is 0 Å². The summed E-state index contributed by atoms with van der Waals surface area (Å²) in [5, 5.41) is 1.15. The van der Waals surface area contributed by atoms with Gasteiger partial charge in [-0.15, -0.1) is 0 Å². The standard InChI is InChI=1S/C13H26BrN/c1-4-12-7-8-15(9-12)11-13(5-2,6-3)10-14/h12H,4-11H2,1-3H3. The molecule has 1 heterocycles. The van der Waals surface area contributed by atoms with Crippen LogP contribution in [-0.2, 0) is 0 Å². The Bertz CT molecular complexity index is 169. The quantitative estimate of drug-likeness (QED) is 0.665. The Morgan fingerprint density at radius 3 is 2.33 bits per heavy atom. The van der Waals surface area contributed by atoms with Crippen LogP contribution in [0.15, 0.2) is 0 Å². The van der Waals surface area contributed by atoms with E-state index in [4.69, 9.17) is 0 Å². The molecule has 0 aliphatic carbocycles. The fraction of sp³-hybridized carbons (Fsp3) is 1.00. The predicted octanol–water partition coefficient (Wildman–Crippen LogP) is 3.92. The molecule has 0 aromatic rings. The van der Waals surface area contributed by atoms with E-state index in [0.29, 0.717) is 5.41 Å². The van der Waals surface area contributed by atoms with Crippen molar-refractivity contribution < 1.29 is 0 Å². The van der Waals surface area contributed by atoms with E-state index in [-0.39, 0.29) is 0 Å². The van der Waals surface area contributed by atoms with Crippen LogP contribution in [-0.4, -0.2) is 29.9 Å². The Morgan fingerprint density at radius 2 is 1.93 bits per heavy atom. The third kappa shape index (κ3) is 3.45. The van der Waals surface area contributed by atoms with Crippen LogP contribution in [0.4, 0.5) is 0 Å². The molecule has 0 N–H and O–H groups in total. The third-order valence-electron chi connectivity index (χ3n) is 4.29. The summed E-state index contributed by atoms with van der Waals surface area (Å²) in [4.78, 5) is 2.68. The van der Waals surface area contributed by atoms with Gasteiger partial charge in [-0.05, 0) is 37.1 Å². The van der Waals surface area contributed by atoms with Crippen molar-refractivity contribution in [2.45, 2.75) is 46.5 Å². The predicted molar refractivity (Wildman–Crippen MR) is 71.6 cm³/mol. The molecule has 1 nitrogen and oxygen atoms in total. The molecule has 0 bridgehead atoms. The maximum absolute atomic E-state index is 3.71. The Hall–Kier alpha value is 0.440. The molecular formula is C13H26BrN. The topological polar surface area (TPSA) is 3.24 Å². The van der Waals surface area contributed by atoms with Crippen LogP contribution >= 0.6 is 15.9 Å². The maximum atomic E-state index is 3.71. The minimum absolute atomic E-state index is 0.516. The molecule has 0 aromatic carbocycles. The average molecular weight is 276 g/mol. The van der Waals surface area contributed by atoms with E-state index in [1.165, 1.54) is 45.3 Å². The lowest BCUT2D eigenvalue weighted by molar-refractivity contribution is 0.180. The summed E-state index contributed by atoms with van der Waals surface area (Å²) < 4.78 is 0. The molecule has 1 fully saturated rings. The highest BCUT2D eigenvalue weighted by molar-refractivity contribution is 9.09. The number of likely N-dealkylation sites (tertiary alicyclic amines) is 1. The van der Waals surface area contributed by atoms with Crippen molar-refractivity contribution in [3.8, 4) is 0 Å². The second kappa shape index (κ2) is 6.24. The number of nitrogens with zero attached hydrogens (tertiary/aromatic N) is 1. The van der Waals surface area contributed by atoms with Crippen LogP contribution in [0.5, 0.6) is 0 Å². The van der Waals surface area contributed by atoms with Gasteiger partial charge in [-0.1, -0.05) is 43.1 Å². The SMILES string of the molecule is CCC1CCN(CC(CC)(CC)CBr)C1. The maximum Gasteiger partial charge on any atom is 0.01000 e. The molecule has 1 saturated heterocycles. The summed E-state index contributed by atoms with van der Waals surface area (Å²) in [7, 11) is 0. The molecule has 0 spiro atoms. The van der Waals surface area contributed by atoms with Crippen LogP contribution < -0.4 is 0 Å². The number of rotatable bonds is 6. The third-order valence-corrected chi connectivity index (χ3v) is 5.48. The van der Waals surface area contributed by atoms with E-state index >= 15 is 0 Å². The number of halogens is 1. The van der Waals surface area contributed by atoms with Crippen LogP contribution in [0.25, 0.3) is 0 Å². The largest absolute Gasteiger partial charge is 0.302 e. The second-order valence-corrected chi connectivity index (χ2v) is 5.70. The van der Waals surface area contributed by atoms with Crippen LogP contribution in [0.3, 0.4) is 0 Å². The minimum Gasteiger partial charge on any atom is -0.302 e. The van der Waals surface area contributed by atoms with Crippen molar-refractivity contribution in [3.05, 3.63) is 0 Å². The summed E-state index contributed by atoms with van der Waals surface area (Å²) >= 11 is 3.71. The fourth-order valence-corrected chi connectivity index (χ4v) is 3.54. The van der Waals surface area contributed by atoms with Gasteiger partial charge in [0.1, 0.15) is 0 Å². The van der Waals surface area contributed by atoms with Gasteiger partial charge in [0.15, 0.2) is 0 Å². The molecule has 0 saturated carbocycles. The van der Waals surface area contributed by atoms with E-state index in [1.54, 1.807) is 0 Å². The first-order valence-corrected chi connectivity index (χ1v) is 7.60. The molecule has 1 rings (SSSR count). The van der Waals surface area contributed by atoms with Gasteiger partial charge in [-0.3, -0.25) is 0 Å². The monoisotopic (exact) mass is 275 g/mol. The average Bonchev–Trinajstić information content (AvgIpc) is 2.73. The van der Waals surface area contributed by atoms with Gasteiger partial charge in [0.2, 0.25) is 0 Å². The van der Waals surface area contributed by atoms with E-state index in [9.17, 15) is 0 Å². The Kier molecular flexibility index (Phi) is 5.62. The van der Waals surface area contributed by atoms with Crippen molar-refractivity contribution in [2.75, 3.05) is 25.0 Å². The first kappa shape index (κ1) is 13.5. The van der Waals surface area contributed by atoms with Crippen molar-refractivity contribution in [2.24, 2.45) is 11.3 Å². The molecule has 1 aliphatic heterocycles. The zero-order valence-corrected chi connectivity index (χ0v) is 12.1. The van der Waals surface area contributed by atoms with Crippen LogP contribution in [0.1, 0.15) is 46.5 Å². The number of alkyl halides is 1. The number of hydrogen-bond donors (Lipinski definition) is 0. The van der Waals surface area contributed by atoms with Gasteiger partial charge < -0.3 is 4.90 Å². The molecule has 0 aromatic heterocycles. The van der Waals surface area contributed by atoms with Crippen LogP contribution in [0.2, 0.25) is 0 Å². The lowest BCUT2D eigenvalue weighted by Gasteiger charge is -2.34. The molecule has 90 valence electrons. The van der Waals surface area contributed by atoms with Gasteiger partial charge in [0, 0.05) is 18.4 Å². The van der Waals surface area contributed by atoms with Gasteiger partial charge in [-0.2, -0.15) is 0 Å². The fourth-order valence-electron chi connectivity index (χ4n) is 2.57. The summed E-state index contributed by atoms with van der Waals surface area (Å²) in [6.07, 6.45) is 5.36. The van der Waals surface area contributed by atoms with Crippen molar-refractivity contribution in [3.63, 3.8) is 0 Å². The Balaban J connectivity index is 2.45. The van der Waals surface area contributed by atoms with E-state index < -0.39 is 0 Å². The summed E-state index contributed by atoms with van der Waals surface area (Å²) in [6, 6.07) is 0. The Labute approximate surface area is 104 Å². The van der Waals surface area contributed by atoms with Gasteiger partial charge >= 0.3 is 0 Å². The molecular weight excluding hydrogens is 250 g/mol. The zero-order chi connectivity index (χ0) is 11.3.